The molecule has 1 saturated heterocycles. The number of amides is 2. The molecule has 2 fully saturated rings. The van der Waals surface area contributed by atoms with Gasteiger partial charge in [0.1, 0.15) is 0 Å². The lowest BCUT2D eigenvalue weighted by atomic mass is 9.67. The number of rotatable bonds is 6. The van der Waals surface area contributed by atoms with Crippen molar-refractivity contribution in [3.8, 4) is 11.1 Å². The van der Waals surface area contributed by atoms with E-state index in [2.05, 4.69) is 39.8 Å². The van der Waals surface area contributed by atoms with Gasteiger partial charge in [-0.05, 0) is 63.0 Å². The molecule has 2 heterocycles. The van der Waals surface area contributed by atoms with E-state index in [1.807, 2.05) is 48.2 Å². The molecule has 3 aromatic rings. The Morgan fingerprint density at radius 3 is 2.53 bits per heavy atom. The molecule has 0 radical (unpaired) electrons. The molecule has 1 aliphatic carbocycles. The summed E-state index contributed by atoms with van der Waals surface area (Å²) in [5, 5.41) is 11.5. The Kier molecular flexibility index (Phi) is 6.13. The van der Waals surface area contributed by atoms with Gasteiger partial charge in [0.25, 0.3) is 5.91 Å². The number of benzene rings is 2. The lowest BCUT2D eigenvalue weighted by molar-refractivity contribution is -0.122. The molecule has 1 saturated carbocycles. The van der Waals surface area contributed by atoms with Crippen molar-refractivity contribution in [2.45, 2.75) is 38.1 Å². The number of nitrogens with one attached hydrogen (secondary N) is 2. The first-order chi connectivity index (χ1) is 16.4. The van der Waals surface area contributed by atoms with Gasteiger partial charge in [-0.25, -0.2) is 0 Å². The van der Waals surface area contributed by atoms with Gasteiger partial charge >= 0.3 is 0 Å². The van der Waals surface area contributed by atoms with Crippen molar-refractivity contribution in [3.05, 3.63) is 54.2 Å². The highest BCUT2D eigenvalue weighted by molar-refractivity contribution is 6.05. The predicted octanol–water partition coefficient (Wildman–Crippen LogP) is 3.68. The zero-order chi connectivity index (χ0) is 23.7. The molecular weight excluding hydrogens is 426 g/mol. The first kappa shape index (κ1) is 22.6. The minimum atomic E-state index is 0.00319. The highest BCUT2D eigenvalue weighted by atomic mass is 16.2. The van der Waals surface area contributed by atoms with Gasteiger partial charge in [-0.15, -0.1) is 0 Å². The van der Waals surface area contributed by atoms with Crippen LogP contribution in [-0.4, -0.2) is 71.6 Å². The van der Waals surface area contributed by atoms with E-state index in [0.29, 0.717) is 12.1 Å². The van der Waals surface area contributed by atoms with Crippen LogP contribution in [0.3, 0.4) is 0 Å². The molecule has 2 N–H and O–H groups in total. The van der Waals surface area contributed by atoms with Gasteiger partial charge in [0.2, 0.25) is 5.91 Å². The molecule has 7 heteroatoms. The van der Waals surface area contributed by atoms with Crippen molar-refractivity contribution in [1.29, 1.82) is 0 Å². The smallest absolute Gasteiger partial charge is 0.275 e. The second kappa shape index (κ2) is 9.22. The SMILES string of the molecule is CN(C)CCC(=O)NC1CCC2(CC1)CN(C(=O)c1n[nH]c3cc(-c4ccccc4)ccc13)C2. The number of likely N-dealkylation sites (tertiary alicyclic amines) is 1. The molecule has 1 aromatic heterocycles. The van der Waals surface area contributed by atoms with Crippen LogP contribution < -0.4 is 5.32 Å². The normalized spacial score (nSPS) is 17.8. The van der Waals surface area contributed by atoms with Crippen LogP contribution in [-0.2, 0) is 4.79 Å². The summed E-state index contributed by atoms with van der Waals surface area (Å²) in [6.45, 7) is 2.34. The average molecular weight is 460 g/mol. The number of carbonyl (C=O) groups is 2. The molecule has 7 nitrogen and oxygen atoms in total. The predicted molar refractivity (Wildman–Crippen MR) is 133 cm³/mol. The number of hydrogen-bond acceptors (Lipinski definition) is 4. The summed E-state index contributed by atoms with van der Waals surface area (Å²) < 4.78 is 0. The molecule has 0 unspecified atom stereocenters. The Balaban J connectivity index is 1.17. The van der Waals surface area contributed by atoms with Crippen molar-refractivity contribution >= 4 is 22.7 Å². The molecular formula is C27H33N5O2. The van der Waals surface area contributed by atoms with Crippen LogP contribution in [0.4, 0.5) is 0 Å². The summed E-state index contributed by atoms with van der Waals surface area (Å²) >= 11 is 0. The lowest BCUT2D eigenvalue weighted by Crippen LogP contribution is -2.60. The number of carbonyl (C=O) groups excluding carboxylic acids is 2. The number of nitrogens with zero attached hydrogens (tertiary/aromatic N) is 3. The molecule has 2 aromatic carbocycles. The standard InChI is InChI=1S/C27H33N5O2/c1-31(2)15-12-24(33)28-21-10-13-27(14-11-21)17-32(18-27)26(34)25-22-9-8-20(16-23(22)29-30-25)19-6-4-3-5-7-19/h3-9,16,21H,10-15,17-18H2,1-2H3,(H,28,33)(H,29,30). The van der Waals surface area contributed by atoms with Gasteiger partial charge in [0.15, 0.2) is 5.69 Å². The summed E-state index contributed by atoms with van der Waals surface area (Å²) in [4.78, 5) is 29.3. The topological polar surface area (TPSA) is 81.3 Å². The van der Waals surface area contributed by atoms with Gasteiger partial charge in [0.05, 0.1) is 5.52 Å². The van der Waals surface area contributed by atoms with E-state index in [1.165, 1.54) is 0 Å². The third kappa shape index (κ3) is 4.57. The highest BCUT2D eigenvalue weighted by Gasteiger charge is 2.47. The maximum atomic E-state index is 13.2. The van der Waals surface area contributed by atoms with Crippen LogP contribution in [0.5, 0.6) is 0 Å². The number of aromatic nitrogens is 2. The fourth-order valence-corrected chi connectivity index (χ4v) is 5.37. The summed E-state index contributed by atoms with van der Waals surface area (Å²) in [6, 6.07) is 16.6. The molecule has 5 rings (SSSR count). The maximum absolute atomic E-state index is 13.2. The fourth-order valence-electron chi connectivity index (χ4n) is 5.37. The first-order valence-electron chi connectivity index (χ1n) is 12.2. The molecule has 2 amide bonds. The zero-order valence-electron chi connectivity index (χ0n) is 20.0. The second-order valence-electron chi connectivity index (χ2n) is 10.3. The average Bonchev–Trinajstić information content (AvgIpc) is 3.25. The zero-order valence-corrected chi connectivity index (χ0v) is 20.0. The van der Waals surface area contributed by atoms with E-state index < -0.39 is 0 Å². The summed E-state index contributed by atoms with van der Waals surface area (Å²) in [6.07, 6.45) is 4.63. The van der Waals surface area contributed by atoms with Crippen LogP contribution in [0.1, 0.15) is 42.6 Å². The largest absolute Gasteiger partial charge is 0.353 e. The summed E-state index contributed by atoms with van der Waals surface area (Å²) in [5.74, 6) is 0.143. The number of aromatic amines is 1. The monoisotopic (exact) mass is 459 g/mol. The minimum Gasteiger partial charge on any atom is -0.353 e. The second-order valence-corrected chi connectivity index (χ2v) is 10.3. The van der Waals surface area contributed by atoms with E-state index in [9.17, 15) is 9.59 Å². The Hall–Kier alpha value is -3.19. The van der Waals surface area contributed by atoms with E-state index in [0.717, 1.165) is 67.3 Å². The molecule has 34 heavy (non-hydrogen) atoms. The fraction of sp³-hybridized carbons (Fsp3) is 0.444. The van der Waals surface area contributed by atoms with Gasteiger partial charge in [0, 0.05) is 42.9 Å². The number of hydrogen-bond donors (Lipinski definition) is 2. The van der Waals surface area contributed by atoms with E-state index in [-0.39, 0.29) is 23.3 Å². The Labute approximate surface area is 200 Å². The third-order valence-corrected chi connectivity index (χ3v) is 7.41. The number of fused-ring (bicyclic) bond motifs is 1. The summed E-state index contributed by atoms with van der Waals surface area (Å²) in [7, 11) is 3.96. The molecule has 178 valence electrons. The van der Waals surface area contributed by atoms with E-state index in [1.54, 1.807) is 0 Å². The van der Waals surface area contributed by atoms with E-state index >= 15 is 0 Å². The number of H-pyrrole nitrogens is 1. The van der Waals surface area contributed by atoms with Gasteiger partial charge in [-0.2, -0.15) is 5.10 Å². The van der Waals surface area contributed by atoms with Crippen LogP contribution in [0, 0.1) is 5.41 Å². The van der Waals surface area contributed by atoms with Crippen molar-refractivity contribution < 1.29 is 9.59 Å². The van der Waals surface area contributed by atoms with Crippen LogP contribution in [0.2, 0.25) is 0 Å². The van der Waals surface area contributed by atoms with Crippen molar-refractivity contribution in [3.63, 3.8) is 0 Å². The molecule has 2 aliphatic rings. The molecule has 0 bridgehead atoms. The molecule has 0 atom stereocenters. The van der Waals surface area contributed by atoms with Crippen molar-refractivity contribution in [1.82, 2.24) is 25.3 Å². The molecule has 1 aliphatic heterocycles. The Morgan fingerprint density at radius 1 is 1.09 bits per heavy atom. The van der Waals surface area contributed by atoms with Crippen LogP contribution in [0.25, 0.3) is 22.0 Å². The lowest BCUT2D eigenvalue weighted by Gasteiger charge is -2.53. The Bertz CT molecular complexity index is 1170. The Morgan fingerprint density at radius 2 is 1.82 bits per heavy atom. The first-order valence-corrected chi connectivity index (χ1v) is 12.2. The quantitative estimate of drug-likeness (QED) is 0.589. The van der Waals surface area contributed by atoms with Crippen LogP contribution >= 0.6 is 0 Å². The highest BCUT2D eigenvalue weighted by Crippen LogP contribution is 2.44. The van der Waals surface area contributed by atoms with Gasteiger partial charge in [-0.3, -0.25) is 14.7 Å². The summed E-state index contributed by atoms with van der Waals surface area (Å²) in [5.41, 5.74) is 3.83. The third-order valence-electron chi connectivity index (χ3n) is 7.41. The van der Waals surface area contributed by atoms with Crippen molar-refractivity contribution in [2.75, 3.05) is 33.7 Å². The van der Waals surface area contributed by atoms with Gasteiger partial charge < -0.3 is 15.1 Å². The molecule has 1 spiro atoms. The van der Waals surface area contributed by atoms with E-state index in [4.69, 9.17) is 0 Å². The van der Waals surface area contributed by atoms with Gasteiger partial charge in [-0.1, -0.05) is 36.4 Å². The van der Waals surface area contributed by atoms with Crippen LogP contribution in [0.15, 0.2) is 48.5 Å². The minimum absolute atomic E-state index is 0.00319. The van der Waals surface area contributed by atoms with Crippen molar-refractivity contribution in [2.24, 2.45) is 5.41 Å². The maximum Gasteiger partial charge on any atom is 0.275 e.